The minimum absolute atomic E-state index is 0.0357. The van der Waals surface area contributed by atoms with Gasteiger partial charge in [0.1, 0.15) is 5.58 Å². The minimum atomic E-state index is -0.0993. The normalized spacial score (nSPS) is 16.9. The molecule has 1 aromatic heterocycles. The van der Waals surface area contributed by atoms with Crippen molar-refractivity contribution in [3.8, 4) is 0 Å². The van der Waals surface area contributed by atoms with E-state index in [4.69, 9.17) is 4.42 Å². The molecule has 4 heteroatoms. The molecule has 0 atom stereocenters. The van der Waals surface area contributed by atoms with Crippen molar-refractivity contribution in [2.45, 2.75) is 170 Å². The van der Waals surface area contributed by atoms with E-state index < -0.39 is 0 Å². The number of nitrogens with zero attached hydrogens (tertiary/aromatic N) is 2. The highest BCUT2D eigenvalue weighted by Gasteiger charge is 2.49. The van der Waals surface area contributed by atoms with Gasteiger partial charge in [-0.15, -0.1) is 0 Å². The molecular formula is C58H71BN2O. The van der Waals surface area contributed by atoms with Crippen molar-refractivity contribution < 1.29 is 4.42 Å². The van der Waals surface area contributed by atoms with Gasteiger partial charge in [-0.1, -0.05) is 135 Å². The second-order valence-electron chi connectivity index (χ2n) is 24.9. The highest BCUT2D eigenvalue weighted by atomic mass is 16.3. The van der Waals surface area contributed by atoms with Gasteiger partial charge in [-0.2, -0.15) is 0 Å². The van der Waals surface area contributed by atoms with Crippen LogP contribution in [0.2, 0.25) is 0 Å². The summed E-state index contributed by atoms with van der Waals surface area (Å²) in [4.78, 5) is 5.24. The Kier molecular flexibility index (Phi) is 9.22. The number of aryl methyl sites for hydroxylation is 2. The predicted molar refractivity (Wildman–Crippen MR) is 270 cm³/mol. The first-order valence-electron chi connectivity index (χ1n) is 23.3. The summed E-state index contributed by atoms with van der Waals surface area (Å²) in [5.74, 6) is 0. The van der Waals surface area contributed by atoms with E-state index in [1.165, 1.54) is 89.6 Å². The first kappa shape index (κ1) is 42.6. The second kappa shape index (κ2) is 13.4. The fourth-order valence-corrected chi connectivity index (χ4v) is 10.5. The SMILES string of the molecule is Cc1cc2c3c(c1)N(c1cc(C(C)(C)C)cc(C(C)(C)C)c1)c1c(oc4cc(C)ccc14)B3c1cc3c(cc1N2c1cc(C(C)(C)C)cc(C(C)(C)C)c1)C(C)(C)CCC3(C)C. The monoisotopic (exact) mass is 823 g/mol. The molecule has 0 saturated heterocycles. The summed E-state index contributed by atoms with van der Waals surface area (Å²) >= 11 is 0. The van der Waals surface area contributed by atoms with E-state index in [0.717, 1.165) is 29.5 Å². The Morgan fingerprint density at radius 3 is 1.44 bits per heavy atom. The zero-order chi connectivity index (χ0) is 45.0. The van der Waals surface area contributed by atoms with E-state index in [-0.39, 0.29) is 39.2 Å². The summed E-state index contributed by atoms with van der Waals surface area (Å²) < 4.78 is 7.40. The lowest BCUT2D eigenvalue weighted by atomic mass is 9.35. The number of fused-ring (bicyclic) bond motifs is 7. The van der Waals surface area contributed by atoms with Crippen LogP contribution in [-0.4, -0.2) is 6.71 Å². The average molecular weight is 823 g/mol. The zero-order valence-electron chi connectivity index (χ0n) is 41.3. The van der Waals surface area contributed by atoms with Gasteiger partial charge in [-0.25, -0.2) is 0 Å². The third kappa shape index (κ3) is 6.76. The van der Waals surface area contributed by atoms with Crippen molar-refractivity contribution in [3.63, 3.8) is 0 Å². The van der Waals surface area contributed by atoms with Crippen LogP contribution in [-0.2, 0) is 32.5 Å². The van der Waals surface area contributed by atoms with Crippen molar-refractivity contribution in [1.29, 1.82) is 0 Å². The lowest BCUT2D eigenvalue weighted by Crippen LogP contribution is -2.61. The molecule has 0 fully saturated rings. The molecule has 322 valence electrons. The van der Waals surface area contributed by atoms with E-state index in [1.807, 2.05) is 0 Å². The van der Waals surface area contributed by atoms with E-state index in [1.54, 1.807) is 0 Å². The van der Waals surface area contributed by atoms with Crippen LogP contribution in [0, 0.1) is 13.8 Å². The quantitative estimate of drug-likeness (QED) is 0.162. The molecule has 0 spiro atoms. The van der Waals surface area contributed by atoms with Crippen LogP contribution in [0.4, 0.5) is 34.1 Å². The third-order valence-electron chi connectivity index (χ3n) is 14.8. The molecule has 0 amide bonds. The van der Waals surface area contributed by atoms with Crippen LogP contribution in [0.1, 0.15) is 168 Å². The fraction of sp³-hybridized carbons (Fsp3) is 0.448. The van der Waals surface area contributed by atoms with E-state index in [2.05, 4.69) is 213 Å². The fourth-order valence-electron chi connectivity index (χ4n) is 10.5. The Labute approximate surface area is 374 Å². The molecule has 0 saturated carbocycles. The summed E-state index contributed by atoms with van der Waals surface area (Å²) in [6.07, 6.45) is 2.32. The summed E-state index contributed by atoms with van der Waals surface area (Å²) in [6.45, 7) is 42.4. The Morgan fingerprint density at radius 1 is 0.500 bits per heavy atom. The topological polar surface area (TPSA) is 19.6 Å². The van der Waals surface area contributed by atoms with Gasteiger partial charge in [0.15, 0.2) is 0 Å². The second-order valence-corrected chi connectivity index (χ2v) is 24.9. The minimum Gasteiger partial charge on any atom is -0.468 e. The molecule has 0 bridgehead atoms. The summed E-state index contributed by atoms with van der Waals surface area (Å²) in [5, 5.41) is 1.16. The van der Waals surface area contributed by atoms with Crippen LogP contribution in [0.25, 0.3) is 11.0 Å². The van der Waals surface area contributed by atoms with Crippen molar-refractivity contribution in [2.75, 3.05) is 9.80 Å². The maximum absolute atomic E-state index is 7.40. The first-order valence-corrected chi connectivity index (χ1v) is 23.3. The van der Waals surface area contributed by atoms with Gasteiger partial charge in [0.05, 0.1) is 11.3 Å². The predicted octanol–water partition coefficient (Wildman–Crippen LogP) is 14.7. The van der Waals surface area contributed by atoms with Gasteiger partial charge < -0.3 is 14.2 Å². The molecule has 0 radical (unpaired) electrons. The van der Waals surface area contributed by atoms with Crippen molar-refractivity contribution >= 4 is 68.4 Å². The molecule has 62 heavy (non-hydrogen) atoms. The molecule has 0 unspecified atom stereocenters. The number of furan rings is 1. The molecule has 5 aromatic carbocycles. The van der Waals surface area contributed by atoms with Gasteiger partial charge in [0.25, 0.3) is 6.71 Å². The van der Waals surface area contributed by atoms with Gasteiger partial charge >= 0.3 is 0 Å². The van der Waals surface area contributed by atoms with E-state index >= 15 is 0 Å². The van der Waals surface area contributed by atoms with Crippen LogP contribution < -0.4 is 26.4 Å². The van der Waals surface area contributed by atoms with Crippen molar-refractivity contribution in [2.24, 2.45) is 0 Å². The number of anilines is 6. The Bertz CT molecular complexity index is 2760. The lowest BCUT2D eigenvalue weighted by molar-refractivity contribution is 0.332. The number of hydrogen-bond acceptors (Lipinski definition) is 3. The summed E-state index contributed by atoms with van der Waals surface area (Å²) in [6, 6.07) is 31.8. The van der Waals surface area contributed by atoms with Gasteiger partial charge in [-0.3, -0.25) is 0 Å². The van der Waals surface area contributed by atoms with E-state index in [9.17, 15) is 0 Å². The van der Waals surface area contributed by atoms with E-state index in [0.29, 0.717) is 0 Å². The van der Waals surface area contributed by atoms with Crippen LogP contribution >= 0.6 is 0 Å². The Balaban J connectivity index is 1.46. The highest BCUT2D eigenvalue weighted by molar-refractivity contribution is 7.00. The average Bonchev–Trinajstić information content (AvgIpc) is 3.52. The molecule has 3 heterocycles. The number of rotatable bonds is 2. The van der Waals surface area contributed by atoms with Gasteiger partial charge in [-0.05, 0) is 169 Å². The molecule has 9 rings (SSSR count). The van der Waals surface area contributed by atoms with Crippen LogP contribution in [0.15, 0.2) is 83.3 Å². The van der Waals surface area contributed by atoms with Gasteiger partial charge in [0, 0.05) is 33.8 Å². The maximum Gasteiger partial charge on any atom is 0.297 e. The standard InChI is InChI=1S/C58H71BN2O/c1-34-19-20-42-49(25-34)62-52-51(42)61(41-30-38(55(9,10)11)27-39(31-41)56(12,13)14)48-24-35(2)23-47-50(48)59(52)45-32-43-44(58(17,18)22-21-57(43,15)16)33-46(45)60(47)40-28-36(53(3,4)5)26-37(29-40)54(6,7)8/h19-20,23-33H,21-22H2,1-18H3. The first-order chi connectivity index (χ1) is 28.5. The lowest BCUT2D eigenvalue weighted by Gasteiger charge is -2.47. The van der Waals surface area contributed by atoms with Crippen molar-refractivity contribution in [3.05, 3.63) is 123 Å². The molecule has 3 aliphatic rings. The summed E-state index contributed by atoms with van der Waals surface area (Å²) in [5.41, 5.74) is 22.7. The molecule has 0 N–H and O–H groups in total. The van der Waals surface area contributed by atoms with Crippen molar-refractivity contribution in [1.82, 2.24) is 0 Å². The molecule has 3 nitrogen and oxygen atoms in total. The number of benzene rings is 5. The molecule has 6 aromatic rings. The van der Waals surface area contributed by atoms with Crippen LogP contribution in [0.3, 0.4) is 0 Å². The largest absolute Gasteiger partial charge is 0.468 e. The highest BCUT2D eigenvalue weighted by Crippen LogP contribution is 2.52. The Morgan fingerprint density at radius 2 is 0.952 bits per heavy atom. The molecular weight excluding hydrogens is 751 g/mol. The maximum atomic E-state index is 7.40. The molecule has 1 aliphatic carbocycles. The van der Waals surface area contributed by atoms with Gasteiger partial charge in [0.2, 0.25) is 0 Å². The Hall–Kier alpha value is -4.70. The van der Waals surface area contributed by atoms with Crippen LogP contribution in [0.5, 0.6) is 0 Å². The third-order valence-corrected chi connectivity index (χ3v) is 14.8. The summed E-state index contributed by atoms with van der Waals surface area (Å²) in [7, 11) is 0. The number of hydrogen-bond donors (Lipinski definition) is 0. The molecule has 2 aliphatic heterocycles. The zero-order valence-corrected chi connectivity index (χ0v) is 41.3. The smallest absolute Gasteiger partial charge is 0.297 e.